The Labute approximate surface area is 145 Å². The normalized spacial score (nSPS) is 10.4. The maximum atomic E-state index is 12.3. The second-order valence-electron chi connectivity index (χ2n) is 4.54. The van der Waals surface area contributed by atoms with E-state index in [1.165, 1.54) is 35.2 Å². The third-order valence-electron chi connectivity index (χ3n) is 2.92. The van der Waals surface area contributed by atoms with E-state index in [1.54, 1.807) is 12.1 Å². The van der Waals surface area contributed by atoms with Gasteiger partial charge in [0.25, 0.3) is 5.91 Å². The van der Waals surface area contributed by atoms with E-state index in [0.717, 1.165) is 0 Å². The summed E-state index contributed by atoms with van der Waals surface area (Å²) in [5, 5.41) is 17.8. The van der Waals surface area contributed by atoms with Crippen molar-refractivity contribution >= 4 is 34.9 Å². The Morgan fingerprint density at radius 1 is 0.958 bits per heavy atom. The van der Waals surface area contributed by atoms with Gasteiger partial charge in [0.2, 0.25) is 0 Å². The van der Waals surface area contributed by atoms with E-state index in [0.29, 0.717) is 5.82 Å². The van der Waals surface area contributed by atoms with Crippen LogP contribution >= 0.6 is 23.2 Å². The topological polar surface area (TPSA) is 103 Å². The summed E-state index contributed by atoms with van der Waals surface area (Å²) in [4.78, 5) is 24.2. The lowest BCUT2D eigenvalue weighted by Gasteiger charge is -2.07. The Morgan fingerprint density at radius 2 is 1.67 bits per heavy atom. The van der Waals surface area contributed by atoms with Gasteiger partial charge in [0.05, 0.1) is 0 Å². The Kier molecular flexibility index (Phi) is 4.50. The van der Waals surface area contributed by atoms with E-state index in [4.69, 9.17) is 23.2 Å². The molecule has 0 fully saturated rings. The highest BCUT2D eigenvalue weighted by atomic mass is 35.5. The number of hydrogen-bond acceptors (Lipinski definition) is 6. The SMILES string of the molecule is O=C(Nc1ccc(Cl)nn1)c1cn(-c2ccc(Cl)nn2)ccc1=O. The lowest BCUT2D eigenvalue weighted by atomic mass is 10.2. The van der Waals surface area contributed by atoms with Gasteiger partial charge in [0.15, 0.2) is 27.4 Å². The van der Waals surface area contributed by atoms with E-state index in [1.807, 2.05) is 0 Å². The minimum absolute atomic E-state index is 0.0917. The summed E-state index contributed by atoms with van der Waals surface area (Å²) in [5.74, 6) is -0.0573. The van der Waals surface area contributed by atoms with Crippen LogP contribution in [0.4, 0.5) is 5.82 Å². The molecule has 8 nitrogen and oxygen atoms in total. The van der Waals surface area contributed by atoms with Crippen LogP contribution in [0.1, 0.15) is 10.4 Å². The molecule has 10 heteroatoms. The van der Waals surface area contributed by atoms with Crippen LogP contribution in [0.15, 0.2) is 47.5 Å². The first-order valence-corrected chi connectivity index (χ1v) is 7.31. The van der Waals surface area contributed by atoms with Gasteiger partial charge in [0, 0.05) is 18.5 Å². The largest absolute Gasteiger partial charge is 0.306 e. The number of amides is 1. The molecule has 0 radical (unpaired) electrons. The van der Waals surface area contributed by atoms with Gasteiger partial charge in [-0.3, -0.25) is 9.59 Å². The van der Waals surface area contributed by atoms with E-state index < -0.39 is 11.3 Å². The van der Waals surface area contributed by atoms with Crippen LogP contribution in [-0.2, 0) is 0 Å². The van der Waals surface area contributed by atoms with Gasteiger partial charge in [-0.25, -0.2) is 0 Å². The second kappa shape index (κ2) is 6.73. The molecule has 3 aromatic heterocycles. The van der Waals surface area contributed by atoms with Gasteiger partial charge >= 0.3 is 0 Å². The van der Waals surface area contributed by atoms with E-state index >= 15 is 0 Å². The van der Waals surface area contributed by atoms with Crippen molar-refractivity contribution in [2.24, 2.45) is 0 Å². The fraction of sp³-hybridized carbons (Fsp3) is 0. The van der Waals surface area contributed by atoms with Gasteiger partial charge in [-0.05, 0) is 24.3 Å². The number of anilines is 1. The summed E-state index contributed by atoms with van der Waals surface area (Å²) in [6.07, 6.45) is 2.82. The Bertz CT molecular complexity index is 941. The van der Waals surface area contributed by atoms with Crippen molar-refractivity contribution in [2.75, 3.05) is 5.32 Å². The van der Waals surface area contributed by atoms with Crippen LogP contribution < -0.4 is 10.7 Å². The average molecular weight is 363 g/mol. The Morgan fingerprint density at radius 3 is 2.29 bits per heavy atom. The maximum Gasteiger partial charge on any atom is 0.262 e. The first-order valence-electron chi connectivity index (χ1n) is 6.55. The summed E-state index contributed by atoms with van der Waals surface area (Å²) in [6.45, 7) is 0. The zero-order chi connectivity index (χ0) is 17.1. The van der Waals surface area contributed by atoms with Gasteiger partial charge < -0.3 is 9.88 Å². The number of nitrogens with zero attached hydrogens (tertiary/aromatic N) is 5. The van der Waals surface area contributed by atoms with Crippen LogP contribution in [0.25, 0.3) is 5.82 Å². The van der Waals surface area contributed by atoms with Crippen molar-refractivity contribution in [3.05, 3.63) is 68.8 Å². The van der Waals surface area contributed by atoms with Crippen LogP contribution in [0.2, 0.25) is 10.3 Å². The Balaban J connectivity index is 1.91. The van der Waals surface area contributed by atoms with Gasteiger partial charge in [-0.2, -0.15) is 0 Å². The highest BCUT2D eigenvalue weighted by Crippen LogP contribution is 2.09. The monoisotopic (exact) mass is 362 g/mol. The first-order chi connectivity index (χ1) is 11.5. The van der Waals surface area contributed by atoms with E-state index in [2.05, 4.69) is 25.7 Å². The molecular formula is C14H8Cl2N6O2. The van der Waals surface area contributed by atoms with Crippen molar-refractivity contribution in [3.8, 4) is 5.82 Å². The molecule has 0 aliphatic heterocycles. The third-order valence-corrected chi connectivity index (χ3v) is 3.32. The first kappa shape index (κ1) is 16.0. The summed E-state index contributed by atoms with van der Waals surface area (Å²) < 4.78 is 1.48. The average Bonchev–Trinajstić information content (AvgIpc) is 2.58. The minimum atomic E-state index is -0.632. The molecule has 1 amide bonds. The number of aromatic nitrogens is 5. The van der Waals surface area contributed by atoms with E-state index in [-0.39, 0.29) is 21.7 Å². The smallest absolute Gasteiger partial charge is 0.262 e. The quantitative estimate of drug-likeness (QED) is 0.763. The van der Waals surface area contributed by atoms with Crippen LogP contribution in [-0.4, -0.2) is 30.9 Å². The predicted octanol–water partition coefficient (Wildman–Crippen LogP) is 1.98. The van der Waals surface area contributed by atoms with Crippen LogP contribution in [0.3, 0.4) is 0 Å². The number of halogens is 2. The minimum Gasteiger partial charge on any atom is -0.306 e. The number of carbonyl (C=O) groups excluding carboxylic acids is 1. The highest BCUT2D eigenvalue weighted by Gasteiger charge is 2.13. The second-order valence-corrected chi connectivity index (χ2v) is 5.31. The van der Waals surface area contributed by atoms with Crippen molar-refractivity contribution in [2.45, 2.75) is 0 Å². The van der Waals surface area contributed by atoms with E-state index in [9.17, 15) is 9.59 Å². The lowest BCUT2D eigenvalue weighted by Crippen LogP contribution is -2.23. The third kappa shape index (κ3) is 3.55. The fourth-order valence-electron chi connectivity index (χ4n) is 1.81. The van der Waals surface area contributed by atoms with Crippen LogP contribution in [0.5, 0.6) is 0 Å². The molecule has 0 aromatic carbocycles. The van der Waals surface area contributed by atoms with Crippen LogP contribution in [0, 0.1) is 0 Å². The summed E-state index contributed by atoms with van der Waals surface area (Å²) in [5.41, 5.74) is -0.543. The molecule has 120 valence electrons. The molecule has 0 saturated heterocycles. The molecule has 0 spiro atoms. The molecule has 1 N–H and O–H groups in total. The summed E-state index contributed by atoms with van der Waals surface area (Å²) in [6, 6.07) is 7.34. The summed E-state index contributed by atoms with van der Waals surface area (Å²) in [7, 11) is 0. The van der Waals surface area contributed by atoms with Crippen molar-refractivity contribution in [1.82, 2.24) is 25.0 Å². The number of pyridine rings is 1. The zero-order valence-electron chi connectivity index (χ0n) is 11.8. The maximum absolute atomic E-state index is 12.3. The standard InChI is InChI=1S/C14H8Cl2N6O2/c15-10-1-3-12(20-18-10)17-14(24)8-7-22(6-5-9(8)23)13-4-2-11(16)19-21-13/h1-7H,(H,17,20,24). The molecule has 24 heavy (non-hydrogen) atoms. The number of nitrogens with one attached hydrogen (secondary N) is 1. The molecule has 3 rings (SSSR count). The number of carbonyl (C=O) groups is 1. The van der Waals surface area contributed by atoms with Crippen molar-refractivity contribution in [1.29, 1.82) is 0 Å². The van der Waals surface area contributed by atoms with Gasteiger partial charge in [-0.1, -0.05) is 23.2 Å². The summed E-state index contributed by atoms with van der Waals surface area (Å²) >= 11 is 11.3. The molecule has 3 aromatic rings. The zero-order valence-corrected chi connectivity index (χ0v) is 13.4. The predicted molar refractivity (Wildman–Crippen MR) is 87.6 cm³/mol. The molecule has 0 bridgehead atoms. The lowest BCUT2D eigenvalue weighted by molar-refractivity contribution is 0.102. The van der Waals surface area contributed by atoms with Gasteiger partial charge in [-0.15, -0.1) is 20.4 Å². The molecule has 0 aliphatic carbocycles. The molecule has 0 atom stereocenters. The van der Waals surface area contributed by atoms with Crippen molar-refractivity contribution in [3.63, 3.8) is 0 Å². The Hall–Kier alpha value is -2.84. The fourth-order valence-corrected chi connectivity index (χ4v) is 2.01. The van der Waals surface area contributed by atoms with Crippen molar-refractivity contribution < 1.29 is 4.79 Å². The molecular weight excluding hydrogens is 355 g/mol. The molecule has 0 aliphatic rings. The highest BCUT2D eigenvalue weighted by molar-refractivity contribution is 6.29. The molecule has 0 saturated carbocycles. The molecule has 0 unspecified atom stereocenters. The van der Waals surface area contributed by atoms with Gasteiger partial charge in [0.1, 0.15) is 5.56 Å². The molecule has 3 heterocycles. The number of rotatable bonds is 3. The number of hydrogen-bond donors (Lipinski definition) is 1.